The predicted molar refractivity (Wildman–Crippen MR) is 73.1 cm³/mol. The van der Waals surface area contributed by atoms with Crippen molar-refractivity contribution in [1.29, 1.82) is 0 Å². The van der Waals surface area contributed by atoms with Gasteiger partial charge < -0.3 is 5.73 Å². The third kappa shape index (κ3) is 3.20. The maximum Gasteiger partial charge on any atom is 0.139 e. The van der Waals surface area contributed by atoms with E-state index >= 15 is 0 Å². The lowest BCUT2D eigenvalue weighted by atomic mass is 10.3. The van der Waals surface area contributed by atoms with E-state index < -0.39 is 9.92 Å². The lowest BCUT2D eigenvalue weighted by Gasteiger charge is -2.19. The Morgan fingerprint density at radius 2 is 2.12 bits per heavy atom. The minimum atomic E-state index is -2.54. The third-order valence-electron chi connectivity index (χ3n) is 2.57. The third-order valence-corrected chi connectivity index (χ3v) is 5.08. The normalized spacial score (nSPS) is 16.5. The van der Waals surface area contributed by atoms with Gasteiger partial charge in [0.15, 0.2) is 0 Å². The van der Waals surface area contributed by atoms with Gasteiger partial charge in [0.25, 0.3) is 0 Å². The van der Waals surface area contributed by atoms with Crippen LogP contribution in [0.5, 0.6) is 0 Å². The zero-order valence-electron chi connectivity index (χ0n) is 10.9. The molecule has 1 aromatic rings. The van der Waals surface area contributed by atoms with Crippen molar-refractivity contribution < 1.29 is 4.21 Å². The molecule has 0 aliphatic carbocycles. The number of nitrogens with zero attached hydrogens (tertiary/aromatic N) is 2. The summed E-state index contributed by atoms with van der Waals surface area (Å²) in [6, 6.07) is 7.19. The van der Waals surface area contributed by atoms with E-state index in [1.165, 1.54) is 0 Å². The molecule has 17 heavy (non-hydrogen) atoms. The first-order valence-corrected chi connectivity index (χ1v) is 7.16. The summed E-state index contributed by atoms with van der Waals surface area (Å²) in [6.45, 7) is 4.00. The molecule has 2 N–H and O–H groups in total. The number of hydrogen-bond donors (Lipinski definition) is 1. The monoisotopic (exact) mass is 255 g/mol. The highest BCUT2D eigenvalue weighted by atomic mass is 32.2. The number of hydrogen-bond acceptors (Lipinski definition) is 3. The molecule has 2 unspecified atom stereocenters. The fourth-order valence-corrected chi connectivity index (χ4v) is 3.28. The molecule has 0 aromatic heterocycles. The maximum absolute atomic E-state index is 12.9. The lowest BCUT2D eigenvalue weighted by molar-refractivity contribution is 0.581. The molecule has 5 heteroatoms. The second-order valence-electron chi connectivity index (χ2n) is 4.24. The largest absolute Gasteiger partial charge is 0.399 e. The van der Waals surface area contributed by atoms with Gasteiger partial charge in [0.1, 0.15) is 9.92 Å². The summed E-state index contributed by atoms with van der Waals surface area (Å²) in [5.41, 5.74) is 6.34. The molecule has 0 saturated carbocycles. The van der Waals surface area contributed by atoms with E-state index in [0.717, 1.165) is 6.42 Å². The van der Waals surface area contributed by atoms with E-state index in [1.54, 1.807) is 36.6 Å². The lowest BCUT2D eigenvalue weighted by Crippen LogP contribution is -2.24. The van der Waals surface area contributed by atoms with Gasteiger partial charge in [0, 0.05) is 19.8 Å². The number of nitrogen functional groups attached to an aromatic ring is 1. The second kappa shape index (κ2) is 5.51. The molecular weight excluding hydrogens is 234 g/mol. The molecule has 0 heterocycles. The van der Waals surface area contributed by atoms with Crippen molar-refractivity contribution >= 4 is 15.6 Å². The summed E-state index contributed by atoms with van der Waals surface area (Å²) in [5.74, 6) is 0. The molecule has 1 rings (SSSR count). The molecule has 0 radical (unpaired) electrons. The summed E-state index contributed by atoms with van der Waals surface area (Å²) in [5, 5.41) is 0. The van der Waals surface area contributed by atoms with E-state index in [1.807, 2.05) is 19.9 Å². The SMILES string of the molecule is CCC(C)N=S(=O)(c1cccc(N)c1)N(C)C. The quantitative estimate of drug-likeness (QED) is 0.840. The number of rotatable bonds is 4. The van der Waals surface area contributed by atoms with Crippen LogP contribution >= 0.6 is 0 Å². The summed E-state index contributed by atoms with van der Waals surface area (Å²) < 4.78 is 19.0. The van der Waals surface area contributed by atoms with Gasteiger partial charge >= 0.3 is 0 Å². The molecule has 4 nitrogen and oxygen atoms in total. The van der Waals surface area contributed by atoms with Gasteiger partial charge in [-0.15, -0.1) is 0 Å². The maximum atomic E-state index is 12.9. The summed E-state index contributed by atoms with van der Waals surface area (Å²) in [7, 11) is 1.01. The molecule has 0 bridgehead atoms. The van der Waals surface area contributed by atoms with Crippen LogP contribution in [0.25, 0.3) is 0 Å². The highest BCUT2D eigenvalue weighted by molar-refractivity contribution is 7.91. The minimum Gasteiger partial charge on any atom is -0.399 e. The van der Waals surface area contributed by atoms with E-state index in [0.29, 0.717) is 10.6 Å². The van der Waals surface area contributed by atoms with Gasteiger partial charge in [-0.05, 0) is 31.5 Å². The number of benzene rings is 1. The van der Waals surface area contributed by atoms with E-state index in [-0.39, 0.29) is 6.04 Å². The molecule has 0 saturated heterocycles. The molecule has 2 atom stereocenters. The summed E-state index contributed by atoms with van der Waals surface area (Å²) in [4.78, 5) is 0.669. The van der Waals surface area contributed by atoms with Crippen LogP contribution in [0.3, 0.4) is 0 Å². The van der Waals surface area contributed by atoms with Crippen LogP contribution in [0, 0.1) is 0 Å². The van der Waals surface area contributed by atoms with Crippen molar-refractivity contribution in [1.82, 2.24) is 4.31 Å². The van der Waals surface area contributed by atoms with Gasteiger partial charge in [-0.3, -0.25) is 0 Å². The van der Waals surface area contributed by atoms with Crippen molar-refractivity contribution in [2.45, 2.75) is 31.2 Å². The fraction of sp³-hybridized carbons (Fsp3) is 0.500. The Bertz CT molecular complexity index is 490. The van der Waals surface area contributed by atoms with Gasteiger partial charge in [0.05, 0.1) is 10.9 Å². The second-order valence-corrected chi connectivity index (χ2v) is 6.65. The molecule has 1 aromatic carbocycles. The number of anilines is 1. The van der Waals surface area contributed by atoms with Crippen LogP contribution < -0.4 is 5.73 Å². The minimum absolute atomic E-state index is 0.0614. The highest BCUT2D eigenvalue weighted by Gasteiger charge is 2.16. The molecular formula is C12H21N3OS. The van der Waals surface area contributed by atoms with Gasteiger partial charge in [-0.2, -0.15) is 0 Å². The zero-order valence-corrected chi connectivity index (χ0v) is 11.7. The number of nitrogens with two attached hydrogens (primary N) is 1. The Morgan fingerprint density at radius 3 is 2.59 bits per heavy atom. The van der Waals surface area contributed by atoms with Crippen molar-refractivity contribution in [3.05, 3.63) is 24.3 Å². The molecule has 0 amide bonds. The van der Waals surface area contributed by atoms with Crippen LogP contribution in [0.4, 0.5) is 5.69 Å². The Balaban J connectivity index is 3.37. The van der Waals surface area contributed by atoms with Crippen LogP contribution in [-0.2, 0) is 9.92 Å². The standard InChI is InChI=1S/C12H21N3OS/c1-5-10(2)14-17(16,15(3)4)12-8-6-7-11(13)9-12/h6-10H,5,13H2,1-4H3. The molecule has 0 spiro atoms. The predicted octanol–water partition coefficient (Wildman–Crippen LogP) is 2.37. The topological polar surface area (TPSA) is 58.7 Å². The smallest absolute Gasteiger partial charge is 0.139 e. The first-order valence-electron chi connectivity index (χ1n) is 5.69. The van der Waals surface area contributed by atoms with Gasteiger partial charge in [0.2, 0.25) is 0 Å². The van der Waals surface area contributed by atoms with Crippen LogP contribution in [-0.4, -0.2) is 28.7 Å². The average molecular weight is 255 g/mol. The van der Waals surface area contributed by atoms with Crippen molar-refractivity contribution in [3.63, 3.8) is 0 Å². The highest BCUT2D eigenvalue weighted by Crippen LogP contribution is 2.20. The molecule has 0 fully saturated rings. The Morgan fingerprint density at radius 1 is 1.47 bits per heavy atom. The summed E-state index contributed by atoms with van der Waals surface area (Å²) in [6.07, 6.45) is 0.868. The van der Waals surface area contributed by atoms with Crippen LogP contribution in [0.2, 0.25) is 0 Å². The van der Waals surface area contributed by atoms with Crippen molar-refractivity contribution in [3.8, 4) is 0 Å². The zero-order chi connectivity index (χ0) is 13.1. The fourth-order valence-electron chi connectivity index (χ4n) is 1.36. The van der Waals surface area contributed by atoms with Crippen molar-refractivity contribution in [2.24, 2.45) is 4.36 Å². The molecule has 0 aliphatic heterocycles. The molecule has 96 valence electrons. The summed E-state index contributed by atoms with van der Waals surface area (Å²) >= 11 is 0. The van der Waals surface area contributed by atoms with E-state index in [2.05, 4.69) is 4.36 Å². The molecule has 0 aliphatic rings. The van der Waals surface area contributed by atoms with Crippen molar-refractivity contribution in [2.75, 3.05) is 19.8 Å². The van der Waals surface area contributed by atoms with Gasteiger partial charge in [-0.25, -0.2) is 12.9 Å². The Hall–Kier alpha value is -1.07. The van der Waals surface area contributed by atoms with Gasteiger partial charge in [-0.1, -0.05) is 13.0 Å². The average Bonchev–Trinajstić information content (AvgIpc) is 2.28. The Kier molecular flexibility index (Phi) is 4.54. The Labute approximate surface area is 104 Å². The van der Waals surface area contributed by atoms with Crippen LogP contribution in [0.1, 0.15) is 20.3 Å². The van der Waals surface area contributed by atoms with Crippen LogP contribution in [0.15, 0.2) is 33.5 Å². The first kappa shape index (κ1) is 14.0. The first-order chi connectivity index (χ1) is 7.90. The van der Waals surface area contributed by atoms with E-state index in [9.17, 15) is 4.21 Å². The van der Waals surface area contributed by atoms with E-state index in [4.69, 9.17) is 5.73 Å².